The first-order chi connectivity index (χ1) is 48.3. The molecule has 0 unspecified atom stereocenters. The van der Waals surface area contributed by atoms with Crippen molar-refractivity contribution in [1.82, 2.24) is 16.0 Å². The second-order valence-electron chi connectivity index (χ2n) is 24.4. The number of methoxy groups -OCH3 is 2. The Morgan fingerprint density at radius 2 is 0.713 bits per heavy atom. The fourth-order valence-electron chi connectivity index (χ4n) is 11.6. The van der Waals surface area contributed by atoms with E-state index in [4.69, 9.17) is 80.5 Å². The van der Waals surface area contributed by atoms with Crippen molar-refractivity contribution in [3.8, 4) is 0 Å². The lowest BCUT2D eigenvalue weighted by atomic mass is 9.93. The van der Waals surface area contributed by atoms with Crippen LogP contribution in [0.2, 0.25) is 0 Å². The molecule has 0 bridgehead atoms. The summed E-state index contributed by atoms with van der Waals surface area (Å²) in [4.78, 5) is 129. The van der Waals surface area contributed by atoms with Gasteiger partial charge < -0.3 is 96.5 Å². The van der Waals surface area contributed by atoms with Crippen LogP contribution in [-0.2, 0) is 148 Å². The molecule has 3 aromatic rings. The number of unbranched alkanes of at least 4 members (excludes halogenated alkanes) is 2. The number of ether oxygens (including phenoxy) is 17. The highest BCUT2D eigenvalue weighted by atomic mass is 16.8. The number of amides is 3. The van der Waals surface area contributed by atoms with E-state index in [2.05, 4.69) is 16.0 Å². The zero-order valence-corrected chi connectivity index (χ0v) is 59.0. The van der Waals surface area contributed by atoms with E-state index in [0.717, 1.165) is 20.8 Å². The number of benzene rings is 3. The number of hydrogen-bond acceptors (Lipinski definition) is 27. The highest BCUT2D eigenvalue weighted by molar-refractivity contribution is 5.85. The number of carbonyl (C=O) groups excluding carboxylic acids is 10. The van der Waals surface area contributed by atoms with Gasteiger partial charge in [-0.3, -0.25) is 47.9 Å². The van der Waals surface area contributed by atoms with Crippen molar-refractivity contribution in [3.05, 3.63) is 108 Å². The Balaban J connectivity index is 1.54. The van der Waals surface area contributed by atoms with E-state index in [1.165, 1.54) is 35.0 Å². The fourth-order valence-corrected chi connectivity index (χ4v) is 11.6. The minimum Gasteiger partial charge on any atom is -0.469 e. The molecule has 3 aromatic carbocycles. The zero-order valence-electron chi connectivity index (χ0n) is 59.0. The Kier molecular flexibility index (Phi) is 34.4. The molecule has 0 spiro atoms. The molecular formula is C71H97N3O27. The molecule has 3 aliphatic rings. The highest BCUT2D eigenvalue weighted by Gasteiger charge is 2.57. The van der Waals surface area contributed by atoms with Crippen molar-refractivity contribution in [2.45, 2.75) is 237 Å². The molecule has 3 N–H and O–H groups in total. The third kappa shape index (κ3) is 27.0. The maximum atomic E-state index is 14.8. The van der Waals surface area contributed by atoms with Crippen molar-refractivity contribution >= 4 is 59.5 Å². The summed E-state index contributed by atoms with van der Waals surface area (Å²) in [5.74, 6) is -7.20. The summed E-state index contributed by atoms with van der Waals surface area (Å²) in [5, 5.41) is 8.87. The Morgan fingerprint density at radius 1 is 0.386 bits per heavy atom. The second kappa shape index (κ2) is 42.4. The molecule has 3 fully saturated rings. The van der Waals surface area contributed by atoms with Crippen molar-refractivity contribution in [2.24, 2.45) is 0 Å². The molecule has 30 nitrogen and oxygen atoms in total. The molecule has 0 radical (unpaired) electrons. The van der Waals surface area contributed by atoms with Crippen LogP contribution < -0.4 is 16.0 Å². The standard InChI is InChI=1S/C71H97N3O27/c1-41-58(73-67(83)54(98-48(8)79)32-36-88-45(5)76)61(92-39-51-26-18-13-19-27-51)64(69(94-41)90-34-23-15-22-30-56(81)85-10)100-71-65(62(93-40-52-28-20-14-21-29-52)59(43(3)96-71)74-68(84)55(99-49(9)80)33-37-89-46(6)77)101-70-63(86-11)60(91-38-50-24-16-12-17-25-50)57(42(2)95-70)72-66(82)53(97-47(7)78)31-35-87-44(4)75/h12-14,16-21,24-29,41-43,53-55,57-65,69-71H,15,22-23,30-40H2,1-11H3,(H,72,82)(H,73,83)(H,74,84)/t41-,42-,43-,53-,54-,55-,57-,58-,59-,60+,61+,62+,63+,64+,65+,69+,70-,71-/m1/s1. The van der Waals surface area contributed by atoms with Crippen LogP contribution in [0.1, 0.15) is 124 Å². The first kappa shape index (κ1) is 81.9. The Morgan fingerprint density at radius 3 is 1.04 bits per heavy atom. The molecule has 558 valence electrons. The number of hydrogen-bond donors (Lipinski definition) is 3. The molecule has 3 aliphatic heterocycles. The minimum absolute atomic E-state index is 0.0183. The van der Waals surface area contributed by atoms with Crippen LogP contribution in [0, 0.1) is 0 Å². The highest BCUT2D eigenvalue weighted by Crippen LogP contribution is 2.37. The smallest absolute Gasteiger partial charge is 0.305 e. The lowest BCUT2D eigenvalue weighted by Gasteiger charge is -2.52. The Hall–Kier alpha value is -8.04. The van der Waals surface area contributed by atoms with Crippen molar-refractivity contribution < 1.29 is 128 Å². The summed E-state index contributed by atoms with van der Waals surface area (Å²) in [5.41, 5.74) is 2.05. The summed E-state index contributed by atoms with van der Waals surface area (Å²) < 4.78 is 106. The van der Waals surface area contributed by atoms with Crippen LogP contribution in [0.4, 0.5) is 0 Å². The summed E-state index contributed by atoms with van der Waals surface area (Å²) in [6, 6.07) is 23.5. The maximum Gasteiger partial charge on any atom is 0.305 e. The van der Waals surface area contributed by atoms with Crippen molar-refractivity contribution in [1.29, 1.82) is 0 Å². The van der Waals surface area contributed by atoms with E-state index >= 15 is 0 Å². The van der Waals surface area contributed by atoms with Gasteiger partial charge in [0.2, 0.25) is 0 Å². The minimum atomic E-state index is -1.70. The molecule has 101 heavy (non-hydrogen) atoms. The van der Waals surface area contributed by atoms with Crippen LogP contribution in [0.3, 0.4) is 0 Å². The molecule has 3 amide bonds. The molecule has 30 heteroatoms. The molecule has 3 saturated heterocycles. The zero-order chi connectivity index (χ0) is 73.5. The van der Waals surface area contributed by atoms with Crippen LogP contribution in [0.15, 0.2) is 91.0 Å². The fraction of sp³-hybridized carbons (Fsp3) is 0.606. The van der Waals surface area contributed by atoms with Crippen LogP contribution in [0.5, 0.6) is 0 Å². The van der Waals surface area contributed by atoms with Gasteiger partial charge >= 0.3 is 41.8 Å². The number of rotatable bonds is 39. The Bertz CT molecular complexity index is 3110. The van der Waals surface area contributed by atoms with Crippen LogP contribution >= 0.6 is 0 Å². The second-order valence-corrected chi connectivity index (χ2v) is 24.4. The molecule has 0 saturated carbocycles. The molecule has 0 aliphatic carbocycles. The average molecular weight is 1420 g/mol. The first-order valence-corrected chi connectivity index (χ1v) is 33.6. The van der Waals surface area contributed by atoms with Crippen molar-refractivity contribution in [3.63, 3.8) is 0 Å². The van der Waals surface area contributed by atoms with Crippen LogP contribution in [0.25, 0.3) is 0 Å². The molecule has 3 heterocycles. The normalized spacial score (nSPS) is 25.7. The van der Waals surface area contributed by atoms with Crippen molar-refractivity contribution in [2.75, 3.05) is 40.6 Å². The number of nitrogens with one attached hydrogen (secondary N) is 3. The SMILES string of the molecule is COC(=O)CCCCCO[C@H]1O[C@H](C)[C@@H](NC(=O)[C@@H](CCOC(C)=O)OC(C)=O)[C@H](OCc2ccccc2)[C@@H]1O[C@H]1O[C@H](C)[C@@H](NC(=O)[C@@H](CCOC(C)=O)OC(C)=O)[C@H](OCc2ccccc2)[C@@H]1O[C@H]1O[C@H](C)[C@@H](NC(=O)[C@@H](CCOC(C)=O)OC(C)=O)[C@H](OCc2ccccc2)[C@@H]1OC. The summed E-state index contributed by atoms with van der Waals surface area (Å²) >= 11 is 0. The number of esters is 7. The average Bonchev–Trinajstić information content (AvgIpc) is 0.770. The van der Waals surface area contributed by atoms with Gasteiger partial charge in [0, 0.05) is 80.9 Å². The van der Waals surface area contributed by atoms with E-state index in [0.29, 0.717) is 36.0 Å². The van der Waals surface area contributed by atoms with E-state index in [1.807, 2.05) is 48.5 Å². The summed E-state index contributed by atoms with van der Waals surface area (Å²) in [7, 11) is 2.65. The molecule has 6 rings (SSSR count). The van der Waals surface area contributed by atoms with Gasteiger partial charge in [-0.25, -0.2) is 0 Å². The van der Waals surface area contributed by atoms with Gasteiger partial charge in [0.1, 0.15) is 36.6 Å². The van der Waals surface area contributed by atoms with Gasteiger partial charge in [-0.2, -0.15) is 0 Å². The Labute approximate surface area is 587 Å². The predicted octanol–water partition coefficient (Wildman–Crippen LogP) is 4.62. The van der Waals surface area contributed by atoms with Gasteiger partial charge in [-0.15, -0.1) is 0 Å². The summed E-state index contributed by atoms with van der Waals surface area (Å²) in [6.07, 6.45) is -19.9. The predicted molar refractivity (Wildman–Crippen MR) is 351 cm³/mol. The topological polar surface area (TPSA) is 364 Å². The third-order valence-corrected chi connectivity index (χ3v) is 16.4. The summed E-state index contributed by atoms with van der Waals surface area (Å²) in [6.45, 7) is 10.6. The van der Waals surface area contributed by atoms with Gasteiger partial charge in [-0.05, 0) is 50.3 Å². The van der Waals surface area contributed by atoms with Gasteiger partial charge in [0.25, 0.3) is 17.7 Å². The third-order valence-electron chi connectivity index (χ3n) is 16.4. The lowest BCUT2D eigenvalue weighted by molar-refractivity contribution is -0.381. The van der Waals surface area contributed by atoms with E-state index in [-0.39, 0.29) is 71.9 Å². The molecular weight excluding hydrogens is 1330 g/mol. The largest absolute Gasteiger partial charge is 0.469 e. The van der Waals surface area contributed by atoms with E-state index in [9.17, 15) is 47.9 Å². The van der Waals surface area contributed by atoms with E-state index < -0.39 is 170 Å². The quantitative estimate of drug-likeness (QED) is 0.0398. The van der Waals surface area contributed by atoms with Gasteiger partial charge in [0.05, 0.1) is 83.2 Å². The monoisotopic (exact) mass is 1420 g/mol. The molecule has 18 atom stereocenters. The van der Waals surface area contributed by atoms with Gasteiger partial charge in [0.15, 0.2) is 37.2 Å². The maximum absolute atomic E-state index is 14.8. The molecule has 0 aromatic heterocycles. The number of carbonyl (C=O) groups is 10. The van der Waals surface area contributed by atoms with Gasteiger partial charge in [-0.1, -0.05) is 97.4 Å². The van der Waals surface area contributed by atoms with Crippen LogP contribution in [-0.4, -0.2) is 210 Å². The van der Waals surface area contributed by atoms with E-state index in [1.54, 1.807) is 63.2 Å². The first-order valence-electron chi connectivity index (χ1n) is 33.6. The lowest BCUT2D eigenvalue weighted by Crippen LogP contribution is -2.71.